The lowest BCUT2D eigenvalue weighted by Crippen LogP contribution is -2.41. The van der Waals surface area contributed by atoms with E-state index in [1.807, 2.05) is 45.0 Å². The number of aliphatic hydroxyl groups is 1. The van der Waals surface area contributed by atoms with Gasteiger partial charge in [0.05, 0.1) is 6.61 Å². The zero-order valence-corrected chi connectivity index (χ0v) is 11.2. The van der Waals surface area contributed by atoms with E-state index in [0.29, 0.717) is 6.54 Å². The number of benzene rings is 1. The maximum atomic E-state index is 11.9. The highest BCUT2D eigenvalue weighted by molar-refractivity contribution is 5.78. The van der Waals surface area contributed by atoms with Crippen LogP contribution in [0.15, 0.2) is 24.3 Å². The summed E-state index contributed by atoms with van der Waals surface area (Å²) in [4.78, 5) is 13.6. The van der Waals surface area contributed by atoms with Gasteiger partial charge in [-0.15, -0.1) is 0 Å². The molecule has 0 aliphatic rings. The molecule has 0 heterocycles. The minimum absolute atomic E-state index is 0.00301. The Kier molecular flexibility index (Phi) is 5.65. The van der Waals surface area contributed by atoms with Crippen molar-refractivity contribution in [1.29, 1.82) is 0 Å². The maximum absolute atomic E-state index is 11.9. The Morgan fingerprint density at radius 2 is 2.06 bits per heavy atom. The lowest BCUT2D eigenvalue weighted by Gasteiger charge is -2.26. The van der Waals surface area contributed by atoms with E-state index >= 15 is 0 Å². The Morgan fingerprint density at radius 1 is 1.39 bits per heavy atom. The Labute approximate surface area is 108 Å². The van der Waals surface area contributed by atoms with E-state index in [0.717, 1.165) is 11.3 Å². The summed E-state index contributed by atoms with van der Waals surface area (Å²) in [5.41, 5.74) is 1.00. The van der Waals surface area contributed by atoms with Crippen LogP contribution in [0.2, 0.25) is 0 Å². The summed E-state index contributed by atoms with van der Waals surface area (Å²) in [5, 5.41) is 8.93. The molecule has 0 saturated heterocycles. The van der Waals surface area contributed by atoms with E-state index in [9.17, 15) is 4.79 Å². The molecule has 0 aliphatic heterocycles. The molecule has 4 nitrogen and oxygen atoms in total. The summed E-state index contributed by atoms with van der Waals surface area (Å²) >= 11 is 0. The molecule has 1 aromatic carbocycles. The zero-order chi connectivity index (χ0) is 13.5. The van der Waals surface area contributed by atoms with Crippen LogP contribution in [0.25, 0.3) is 0 Å². The number of carbonyl (C=O) groups is 1. The molecule has 0 aromatic heterocycles. The van der Waals surface area contributed by atoms with Crippen LogP contribution in [0.3, 0.4) is 0 Å². The standard InChI is InChI=1S/C14H21NO3/c1-11(2)15(8-9-16)14(17)10-18-13-7-5-4-6-12(13)3/h4-7,11,16H,8-10H2,1-3H3. The van der Waals surface area contributed by atoms with Crippen LogP contribution >= 0.6 is 0 Å². The molecule has 1 N–H and O–H groups in total. The van der Waals surface area contributed by atoms with Crippen LogP contribution in [-0.2, 0) is 4.79 Å². The number of rotatable bonds is 6. The highest BCUT2D eigenvalue weighted by atomic mass is 16.5. The zero-order valence-electron chi connectivity index (χ0n) is 11.2. The molecule has 0 radical (unpaired) electrons. The highest BCUT2D eigenvalue weighted by Gasteiger charge is 2.16. The van der Waals surface area contributed by atoms with Gasteiger partial charge in [-0.2, -0.15) is 0 Å². The molecular weight excluding hydrogens is 230 g/mol. The predicted octanol–water partition coefficient (Wildman–Crippen LogP) is 1.60. The van der Waals surface area contributed by atoms with Crippen molar-refractivity contribution in [2.24, 2.45) is 0 Å². The van der Waals surface area contributed by atoms with Crippen molar-refractivity contribution in [3.63, 3.8) is 0 Å². The van der Waals surface area contributed by atoms with E-state index < -0.39 is 0 Å². The first-order valence-electron chi connectivity index (χ1n) is 6.15. The number of hydrogen-bond acceptors (Lipinski definition) is 3. The van der Waals surface area contributed by atoms with Crippen molar-refractivity contribution in [3.8, 4) is 5.75 Å². The number of para-hydroxylation sites is 1. The Bertz CT molecular complexity index is 390. The van der Waals surface area contributed by atoms with Crippen LogP contribution in [0, 0.1) is 6.92 Å². The molecule has 1 rings (SSSR count). The van der Waals surface area contributed by atoms with Crippen LogP contribution in [0.1, 0.15) is 19.4 Å². The molecule has 0 spiro atoms. The van der Waals surface area contributed by atoms with Crippen molar-refractivity contribution in [2.45, 2.75) is 26.8 Å². The smallest absolute Gasteiger partial charge is 0.260 e. The van der Waals surface area contributed by atoms with E-state index in [-0.39, 0.29) is 25.2 Å². The molecule has 0 unspecified atom stereocenters. The third kappa shape index (κ3) is 4.04. The monoisotopic (exact) mass is 251 g/mol. The molecule has 0 bridgehead atoms. The lowest BCUT2D eigenvalue weighted by atomic mass is 10.2. The molecule has 1 amide bonds. The minimum Gasteiger partial charge on any atom is -0.484 e. The molecular formula is C14H21NO3. The minimum atomic E-state index is -0.109. The van der Waals surface area contributed by atoms with E-state index in [1.54, 1.807) is 4.90 Å². The van der Waals surface area contributed by atoms with Gasteiger partial charge in [0.25, 0.3) is 5.91 Å². The number of aliphatic hydroxyl groups excluding tert-OH is 1. The topological polar surface area (TPSA) is 49.8 Å². The van der Waals surface area contributed by atoms with Crippen LogP contribution in [0.4, 0.5) is 0 Å². The number of amides is 1. The van der Waals surface area contributed by atoms with E-state index in [4.69, 9.17) is 9.84 Å². The van der Waals surface area contributed by atoms with Gasteiger partial charge in [-0.1, -0.05) is 18.2 Å². The van der Waals surface area contributed by atoms with Gasteiger partial charge in [0.2, 0.25) is 0 Å². The van der Waals surface area contributed by atoms with Crippen molar-refractivity contribution in [3.05, 3.63) is 29.8 Å². The van der Waals surface area contributed by atoms with E-state index in [1.165, 1.54) is 0 Å². The van der Waals surface area contributed by atoms with Gasteiger partial charge in [-0.05, 0) is 32.4 Å². The summed E-state index contributed by atoms with van der Waals surface area (Å²) in [7, 11) is 0. The molecule has 1 aromatic rings. The van der Waals surface area contributed by atoms with Crippen molar-refractivity contribution >= 4 is 5.91 Å². The fraction of sp³-hybridized carbons (Fsp3) is 0.500. The molecule has 100 valence electrons. The number of hydrogen-bond donors (Lipinski definition) is 1. The fourth-order valence-electron chi connectivity index (χ4n) is 1.72. The quantitative estimate of drug-likeness (QED) is 0.835. The van der Waals surface area contributed by atoms with Gasteiger partial charge < -0.3 is 14.7 Å². The summed E-state index contributed by atoms with van der Waals surface area (Å²) < 4.78 is 5.50. The molecule has 0 aliphatic carbocycles. The maximum Gasteiger partial charge on any atom is 0.260 e. The van der Waals surface area contributed by atoms with Gasteiger partial charge in [-0.25, -0.2) is 0 Å². The molecule has 0 fully saturated rings. The highest BCUT2D eigenvalue weighted by Crippen LogP contribution is 2.16. The molecule has 4 heteroatoms. The first-order chi connectivity index (χ1) is 8.56. The second kappa shape index (κ2) is 7.01. The SMILES string of the molecule is Cc1ccccc1OCC(=O)N(CCO)C(C)C. The van der Waals surface area contributed by atoms with Gasteiger partial charge in [0.15, 0.2) is 6.61 Å². The van der Waals surface area contributed by atoms with Crippen LogP contribution in [0.5, 0.6) is 5.75 Å². The average Bonchev–Trinajstić information content (AvgIpc) is 2.34. The molecule has 18 heavy (non-hydrogen) atoms. The van der Waals surface area contributed by atoms with Crippen LogP contribution in [-0.4, -0.2) is 41.7 Å². The first kappa shape index (κ1) is 14.5. The number of ether oxygens (including phenoxy) is 1. The lowest BCUT2D eigenvalue weighted by molar-refractivity contribution is -0.135. The second-order valence-corrected chi connectivity index (χ2v) is 4.46. The Balaban J connectivity index is 2.57. The summed E-state index contributed by atoms with van der Waals surface area (Å²) in [6.07, 6.45) is 0. The molecule has 0 saturated carbocycles. The van der Waals surface area contributed by atoms with Gasteiger partial charge in [-0.3, -0.25) is 4.79 Å². The number of carbonyl (C=O) groups excluding carboxylic acids is 1. The first-order valence-corrected chi connectivity index (χ1v) is 6.15. The van der Waals surface area contributed by atoms with Crippen molar-refractivity contribution in [1.82, 2.24) is 4.90 Å². The normalized spacial score (nSPS) is 10.5. The fourth-order valence-corrected chi connectivity index (χ4v) is 1.72. The number of aryl methyl sites for hydroxylation is 1. The number of nitrogens with zero attached hydrogens (tertiary/aromatic N) is 1. The van der Waals surface area contributed by atoms with Gasteiger partial charge in [0.1, 0.15) is 5.75 Å². The second-order valence-electron chi connectivity index (χ2n) is 4.46. The van der Waals surface area contributed by atoms with Gasteiger partial charge in [0, 0.05) is 12.6 Å². The summed E-state index contributed by atoms with van der Waals surface area (Å²) in [6.45, 7) is 6.08. The Hall–Kier alpha value is -1.55. The average molecular weight is 251 g/mol. The Morgan fingerprint density at radius 3 is 2.61 bits per heavy atom. The summed E-state index contributed by atoms with van der Waals surface area (Å²) in [6, 6.07) is 7.64. The van der Waals surface area contributed by atoms with Crippen molar-refractivity contribution in [2.75, 3.05) is 19.8 Å². The predicted molar refractivity (Wildman–Crippen MR) is 70.6 cm³/mol. The third-order valence-electron chi connectivity index (χ3n) is 2.73. The summed E-state index contributed by atoms with van der Waals surface area (Å²) in [5.74, 6) is 0.612. The van der Waals surface area contributed by atoms with Crippen LogP contribution < -0.4 is 4.74 Å². The van der Waals surface area contributed by atoms with Crippen molar-refractivity contribution < 1.29 is 14.6 Å². The largest absolute Gasteiger partial charge is 0.484 e. The van der Waals surface area contributed by atoms with E-state index in [2.05, 4.69) is 0 Å². The third-order valence-corrected chi connectivity index (χ3v) is 2.73. The molecule has 0 atom stereocenters. The van der Waals surface area contributed by atoms with Gasteiger partial charge >= 0.3 is 0 Å².